The van der Waals surface area contributed by atoms with Crippen LogP contribution in [0, 0.1) is 5.82 Å². The highest BCUT2D eigenvalue weighted by molar-refractivity contribution is 7.92. The monoisotopic (exact) mass is 363 g/mol. The van der Waals surface area contributed by atoms with Crippen LogP contribution in [0.3, 0.4) is 0 Å². The Morgan fingerprint density at radius 1 is 0.960 bits per heavy atom. The molecule has 0 aliphatic rings. The summed E-state index contributed by atoms with van der Waals surface area (Å²) in [6.45, 7) is 2.00. The number of halogens is 1. The molecule has 7 heteroatoms. The number of benzene rings is 2. The van der Waals surface area contributed by atoms with Gasteiger partial charge in [0.25, 0.3) is 0 Å². The Morgan fingerprint density at radius 2 is 1.56 bits per heavy atom. The largest absolute Gasteiger partial charge is 0.325 e. The van der Waals surface area contributed by atoms with Crippen LogP contribution in [0.5, 0.6) is 0 Å². The van der Waals surface area contributed by atoms with Gasteiger partial charge >= 0.3 is 0 Å². The van der Waals surface area contributed by atoms with Gasteiger partial charge in [0.2, 0.25) is 5.91 Å². The Kier molecular flexibility index (Phi) is 6.03. The van der Waals surface area contributed by atoms with Gasteiger partial charge in [-0.05, 0) is 48.4 Å². The highest BCUT2D eigenvalue weighted by Crippen LogP contribution is 2.11. The van der Waals surface area contributed by atoms with Crippen molar-refractivity contribution < 1.29 is 22.4 Å². The van der Waals surface area contributed by atoms with Gasteiger partial charge < -0.3 is 5.32 Å². The van der Waals surface area contributed by atoms with Gasteiger partial charge in [-0.1, -0.05) is 19.1 Å². The summed E-state index contributed by atoms with van der Waals surface area (Å²) in [5, 5.41) is 2.49. The average molecular weight is 363 g/mol. The zero-order valence-corrected chi connectivity index (χ0v) is 14.5. The van der Waals surface area contributed by atoms with E-state index < -0.39 is 38.9 Å². The predicted octanol–water partition coefficient (Wildman–Crippen LogP) is 2.62. The summed E-state index contributed by atoms with van der Waals surface area (Å²) in [5.41, 5.74) is 1.67. The third kappa shape index (κ3) is 5.79. The molecule has 0 saturated carbocycles. The number of aryl methyl sites for hydroxylation is 1. The molecule has 0 heterocycles. The number of hydrogen-bond acceptors (Lipinski definition) is 4. The quantitative estimate of drug-likeness (QED) is 0.767. The molecule has 0 bridgehead atoms. The van der Waals surface area contributed by atoms with E-state index in [1.807, 2.05) is 19.1 Å². The normalized spacial score (nSPS) is 11.1. The average Bonchev–Trinajstić information content (AvgIpc) is 2.55. The van der Waals surface area contributed by atoms with Crippen molar-refractivity contribution in [3.05, 3.63) is 65.5 Å². The highest BCUT2D eigenvalue weighted by Gasteiger charge is 2.21. The molecule has 0 aliphatic heterocycles. The lowest BCUT2D eigenvalue weighted by Gasteiger charge is -2.07. The lowest BCUT2D eigenvalue weighted by molar-refractivity contribution is -0.113. The summed E-state index contributed by atoms with van der Waals surface area (Å²) in [5.74, 6) is -3.51. The fourth-order valence-corrected chi connectivity index (χ4v) is 3.33. The maximum absolute atomic E-state index is 12.8. The van der Waals surface area contributed by atoms with Crippen molar-refractivity contribution in [1.29, 1.82) is 0 Å². The van der Waals surface area contributed by atoms with E-state index in [0.717, 1.165) is 24.1 Å². The first kappa shape index (κ1) is 18.8. The molecule has 2 aromatic rings. The molecule has 132 valence electrons. The molecule has 0 fully saturated rings. The molecule has 0 radical (unpaired) electrons. The maximum Gasteiger partial charge on any atom is 0.239 e. The summed E-state index contributed by atoms with van der Waals surface area (Å²) in [4.78, 5) is 23.8. The molecule has 5 nitrogen and oxygen atoms in total. The molecule has 0 aromatic heterocycles. The smallest absolute Gasteiger partial charge is 0.239 e. The molecule has 2 aromatic carbocycles. The standard InChI is InChI=1S/C18H18FNO4S/c1-2-13-3-9-16(10-4-13)20-18(22)12-25(23,24)11-17(21)14-5-7-15(19)8-6-14/h3-10H,2,11-12H2,1H3,(H,20,22). The fraction of sp³-hybridized carbons (Fsp3) is 0.222. The SMILES string of the molecule is CCc1ccc(NC(=O)CS(=O)(=O)CC(=O)c2ccc(F)cc2)cc1. The van der Waals surface area contributed by atoms with Gasteiger partial charge in [0.05, 0.1) is 0 Å². The first-order valence-corrected chi connectivity index (χ1v) is 9.49. The summed E-state index contributed by atoms with van der Waals surface area (Å²) in [7, 11) is -3.93. The van der Waals surface area contributed by atoms with E-state index in [1.165, 1.54) is 12.1 Å². The van der Waals surface area contributed by atoms with Crippen LogP contribution in [-0.4, -0.2) is 31.6 Å². The Morgan fingerprint density at radius 3 is 2.12 bits per heavy atom. The van der Waals surface area contributed by atoms with Crippen molar-refractivity contribution in [3.63, 3.8) is 0 Å². The van der Waals surface area contributed by atoms with Crippen LogP contribution in [0.2, 0.25) is 0 Å². The van der Waals surface area contributed by atoms with Crippen molar-refractivity contribution in [1.82, 2.24) is 0 Å². The second-order valence-electron chi connectivity index (χ2n) is 5.56. The number of carbonyl (C=O) groups excluding carboxylic acids is 2. The first-order valence-electron chi connectivity index (χ1n) is 7.67. The number of nitrogens with one attached hydrogen (secondary N) is 1. The van der Waals surface area contributed by atoms with Crippen molar-refractivity contribution >= 4 is 27.2 Å². The minimum atomic E-state index is -3.93. The van der Waals surface area contributed by atoms with Crippen LogP contribution in [0.4, 0.5) is 10.1 Å². The number of anilines is 1. The number of rotatable bonds is 7. The van der Waals surface area contributed by atoms with Crippen LogP contribution >= 0.6 is 0 Å². The molecule has 2 rings (SSSR count). The lowest BCUT2D eigenvalue weighted by atomic mass is 10.1. The van der Waals surface area contributed by atoms with Gasteiger partial charge in [0, 0.05) is 11.3 Å². The Balaban J connectivity index is 1.96. The number of sulfone groups is 1. The number of hydrogen-bond donors (Lipinski definition) is 1. The van der Waals surface area contributed by atoms with E-state index in [1.54, 1.807) is 12.1 Å². The van der Waals surface area contributed by atoms with Crippen LogP contribution in [0.15, 0.2) is 48.5 Å². The van der Waals surface area contributed by atoms with E-state index in [2.05, 4.69) is 5.32 Å². The zero-order valence-electron chi connectivity index (χ0n) is 13.7. The van der Waals surface area contributed by atoms with Crippen molar-refractivity contribution in [2.24, 2.45) is 0 Å². The highest BCUT2D eigenvalue weighted by atomic mass is 32.2. The number of ketones is 1. The first-order chi connectivity index (χ1) is 11.8. The van der Waals surface area contributed by atoms with E-state index in [-0.39, 0.29) is 5.56 Å². The van der Waals surface area contributed by atoms with E-state index in [9.17, 15) is 22.4 Å². The Hall–Kier alpha value is -2.54. The Labute approximate surface area is 145 Å². The summed E-state index contributed by atoms with van der Waals surface area (Å²) in [6.07, 6.45) is 0.855. The summed E-state index contributed by atoms with van der Waals surface area (Å²) >= 11 is 0. The van der Waals surface area contributed by atoms with Gasteiger partial charge in [-0.3, -0.25) is 9.59 Å². The van der Waals surface area contributed by atoms with Crippen molar-refractivity contribution in [2.75, 3.05) is 16.8 Å². The van der Waals surface area contributed by atoms with Crippen LogP contribution < -0.4 is 5.32 Å². The van der Waals surface area contributed by atoms with Crippen molar-refractivity contribution in [2.45, 2.75) is 13.3 Å². The topological polar surface area (TPSA) is 80.3 Å². The molecule has 1 amide bonds. The minimum Gasteiger partial charge on any atom is -0.325 e. The summed E-state index contributed by atoms with van der Waals surface area (Å²) < 4.78 is 36.9. The predicted molar refractivity (Wildman–Crippen MR) is 93.8 cm³/mol. The maximum atomic E-state index is 12.8. The van der Waals surface area contributed by atoms with Crippen LogP contribution in [0.25, 0.3) is 0 Å². The minimum absolute atomic E-state index is 0.0838. The third-order valence-corrected chi connectivity index (χ3v) is 4.92. The van der Waals surface area contributed by atoms with Crippen LogP contribution in [0.1, 0.15) is 22.8 Å². The number of Topliss-reactive ketones (excluding diaryl/α,β-unsaturated/α-hetero) is 1. The zero-order chi connectivity index (χ0) is 18.4. The Bertz CT molecular complexity index is 859. The molecule has 0 saturated heterocycles. The lowest BCUT2D eigenvalue weighted by Crippen LogP contribution is -2.27. The summed E-state index contributed by atoms with van der Waals surface area (Å²) in [6, 6.07) is 11.6. The van der Waals surface area contributed by atoms with E-state index in [0.29, 0.717) is 5.69 Å². The second kappa shape index (κ2) is 8.02. The molecule has 25 heavy (non-hydrogen) atoms. The fourth-order valence-electron chi connectivity index (χ4n) is 2.19. The van der Waals surface area contributed by atoms with Gasteiger partial charge in [-0.15, -0.1) is 0 Å². The second-order valence-corrected chi connectivity index (χ2v) is 7.63. The van der Waals surface area contributed by atoms with Crippen LogP contribution in [-0.2, 0) is 21.1 Å². The molecule has 1 N–H and O–H groups in total. The van der Waals surface area contributed by atoms with Gasteiger partial charge in [0.15, 0.2) is 15.6 Å². The molecular formula is C18H18FNO4S. The van der Waals surface area contributed by atoms with E-state index in [4.69, 9.17) is 0 Å². The molecule has 0 unspecified atom stereocenters. The van der Waals surface area contributed by atoms with Crippen molar-refractivity contribution in [3.8, 4) is 0 Å². The molecular weight excluding hydrogens is 345 g/mol. The van der Waals surface area contributed by atoms with Gasteiger partial charge in [0.1, 0.15) is 17.3 Å². The molecule has 0 atom stereocenters. The number of amides is 1. The molecule has 0 spiro atoms. The molecule has 0 aliphatic carbocycles. The van der Waals surface area contributed by atoms with Gasteiger partial charge in [-0.2, -0.15) is 0 Å². The third-order valence-electron chi connectivity index (χ3n) is 3.51. The number of carbonyl (C=O) groups is 2. The van der Waals surface area contributed by atoms with E-state index >= 15 is 0 Å². The van der Waals surface area contributed by atoms with Gasteiger partial charge in [-0.25, -0.2) is 12.8 Å².